The first kappa shape index (κ1) is 14.6. The Balaban J connectivity index is 1.96. The van der Waals surface area contributed by atoms with Crippen LogP contribution >= 0.6 is 0 Å². The Morgan fingerprint density at radius 2 is 1.89 bits per heavy atom. The number of aryl methyl sites for hydroxylation is 2. The van der Waals surface area contributed by atoms with E-state index in [2.05, 4.69) is 38.1 Å². The van der Waals surface area contributed by atoms with E-state index in [1.54, 1.807) is 0 Å². The van der Waals surface area contributed by atoms with E-state index in [1.165, 1.54) is 49.1 Å². The van der Waals surface area contributed by atoms with E-state index in [9.17, 15) is 0 Å². The zero-order valence-electron chi connectivity index (χ0n) is 13.2. The van der Waals surface area contributed by atoms with Crippen LogP contribution in [0.25, 0.3) is 0 Å². The molecule has 108 valence electrons. The molecule has 0 bridgehead atoms. The molecule has 1 N–H and O–H groups in total. The second-order valence-corrected chi connectivity index (χ2v) is 6.22. The minimum atomic E-state index is 0.414. The Morgan fingerprint density at radius 3 is 2.37 bits per heavy atom. The lowest BCUT2D eigenvalue weighted by Gasteiger charge is -2.31. The van der Waals surface area contributed by atoms with Gasteiger partial charge < -0.3 is 5.32 Å². The fraction of sp³-hybridized carbons (Fsp3) is 0.812. The average Bonchev–Trinajstić information content (AvgIpc) is 2.64. The van der Waals surface area contributed by atoms with Gasteiger partial charge in [-0.25, -0.2) is 0 Å². The second-order valence-electron chi connectivity index (χ2n) is 6.22. The third kappa shape index (κ3) is 3.19. The van der Waals surface area contributed by atoms with E-state index >= 15 is 0 Å². The van der Waals surface area contributed by atoms with Crippen molar-refractivity contribution in [1.29, 1.82) is 0 Å². The maximum atomic E-state index is 4.53. The standard InChI is InChI=1S/C16H29N3/c1-6-14-7-9-15(10-8-14)17-11(2)16-12(3)18-19(5)13(16)4/h11,14-15,17H,6-10H2,1-5H3. The summed E-state index contributed by atoms with van der Waals surface area (Å²) in [5.74, 6) is 0.968. The molecule has 0 radical (unpaired) electrons. The molecule has 1 aliphatic carbocycles. The van der Waals surface area contributed by atoms with Crippen LogP contribution in [0.1, 0.15) is 68.9 Å². The number of nitrogens with zero attached hydrogens (tertiary/aromatic N) is 2. The summed E-state index contributed by atoms with van der Waals surface area (Å²) in [5, 5.41) is 8.35. The Hall–Kier alpha value is -0.830. The fourth-order valence-corrected chi connectivity index (χ4v) is 3.59. The van der Waals surface area contributed by atoms with Crippen molar-refractivity contribution in [2.75, 3.05) is 0 Å². The quantitative estimate of drug-likeness (QED) is 0.898. The van der Waals surface area contributed by atoms with Gasteiger partial charge in [-0.1, -0.05) is 13.3 Å². The average molecular weight is 263 g/mol. The van der Waals surface area contributed by atoms with Gasteiger partial charge in [0.05, 0.1) is 5.69 Å². The highest BCUT2D eigenvalue weighted by atomic mass is 15.3. The van der Waals surface area contributed by atoms with Crippen LogP contribution in [0, 0.1) is 19.8 Å². The second kappa shape index (κ2) is 6.08. The van der Waals surface area contributed by atoms with Gasteiger partial charge in [0.15, 0.2) is 0 Å². The van der Waals surface area contributed by atoms with Crippen LogP contribution in [0.3, 0.4) is 0 Å². The van der Waals surface area contributed by atoms with Crippen LogP contribution in [-0.4, -0.2) is 15.8 Å². The van der Waals surface area contributed by atoms with E-state index in [-0.39, 0.29) is 0 Å². The van der Waals surface area contributed by atoms with Crippen LogP contribution in [0.4, 0.5) is 0 Å². The summed E-state index contributed by atoms with van der Waals surface area (Å²) in [6, 6.07) is 1.11. The molecule has 0 saturated heterocycles. The monoisotopic (exact) mass is 263 g/mol. The maximum absolute atomic E-state index is 4.53. The van der Waals surface area contributed by atoms with Crippen LogP contribution in [-0.2, 0) is 7.05 Å². The largest absolute Gasteiger partial charge is 0.307 e. The van der Waals surface area contributed by atoms with Gasteiger partial charge in [0.1, 0.15) is 0 Å². The van der Waals surface area contributed by atoms with E-state index in [0.29, 0.717) is 12.1 Å². The Bertz CT molecular complexity index is 414. The zero-order chi connectivity index (χ0) is 14.0. The van der Waals surface area contributed by atoms with Crippen LogP contribution in [0.5, 0.6) is 0 Å². The molecule has 3 nitrogen and oxygen atoms in total. The molecule has 3 heteroatoms. The van der Waals surface area contributed by atoms with Crippen molar-refractivity contribution in [2.24, 2.45) is 13.0 Å². The summed E-state index contributed by atoms with van der Waals surface area (Å²) in [6.07, 6.45) is 6.81. The Morgan fingerprint density at radius 1 is 1.26 bits per heavy atom. The van der Waals surface area contributed by atoms with Crippen molar-refractivity contribution < 1.29 is 0 Å². The molecule has 0 spiro atoms. The van der Waals surface area contributed by atoms with Gasteiger partial charge in [-0.05, 0) is 52.4 Å². The lowest BCUT2D eigenvalue weighted by molar-refractivity contribution is 0.273. The molecular weight excluding hydrogens is 234 g/mol. The van der Waals surface area contributed by atoms with Crippen molar-refractivity contribution in [1.82, 2.24) is 15.1 Å². The molecule has 1 aliphatic rings. The predicted octanol–water partition coefficient (Wildman–Crippen LogP) is 3.66. The summed E-state index contributed by atoms with van der Waals surface area (Å²) in [6.45, 7) is 8.89. The van der Waals surface area contributed by atoms with Gasteiger partial charge in [-0.2, -0.15) is 5.10 Å². The van der Waals surface area contributed by atoms with E-state index in [1.807, 2.05) is 11.7 Å². The molecule has 0 aromatic carbocycles. The molecule has 1 aromatic heterocycles. The molecule has 1 unspecified atom stereocenters. The molecular formula is C16H29N3. The first-order valence-electron chi connectivity index (χ1n) is 7.79. The van der Waals surface area contributed by atoms with Crippen molar-refractivity contribution >= 4 is 0 Å². The summed E-state index contributed by atoms with van der Waals surface area (Å²) < 4.78 is 2.00. The fourth-order valence-electron chi connectivity index (χ4n) is 3.59. The summed E-state index contributed by atoms with van der Waals surface area (Å²) in [7, 11) is 2.03. The van der Waals surface area contributed by atoms with Gasteiger partial charge in [-0.3, -0.25) is 4.68 Å². The highest BCUT2D eigenvalue weighted by Gasteiger charge is 2.23. The van der Waals surface area contributed by atoms with Crippen LogP contribution in [0.2, 0.25) is 0 Å². The number of aromatic nitrogens is 2. The van der Waals surface area contributed by atoms with Crippen LogP contribution < -0.4 is 5.32 Å². The first-order chi connectivity index (χ1) is 9.02. The Kier molecular flexibility index (Phi) is 4.67. The number of nitrogens with one attached hydrogen (secondary N) is 1. The molecule has 1 heterocycles. The van der Waals surface area contributed by atoms with Crippen molar-refractivity contribution in [2.45, 2.75) is 71.9 Å². The van der Waals surface area contributed by atoms with Gasteiger partial charge >= 0.3 is 0 Å². The van der Waals surface area contributed by atoms with Crippen LogP contribution in [0.15, 0.2) is 0 Å². The molecule has 19 heavy (non-hydrogen) atoms. The Labute approximate surface area is 117 Å². The molecule has 1 fully saturated rings. The van der Waals surface area contributed by atoms with E-state index < -0.39 is 0 Å². The smallest absolute Gasteiger partial charge is 0.0644 e. The SMILES string of the molecule is CCC1CCC(NC(C)c2c(C)nn(C)c2C)CC1. The van der Waals surface area contributed by atoms with Crippen molar-refractivity contribution in [3.63, 3.8) is 0 Å². The van der Waals surface area contributed by atoms with Gasteiger partial charge in [-0.15, -0.1) is 0 Å². The molecule has 2 rings (SSSR count). The van der Waals surface area contributed by atoms with Gasteiger partial charge in [0, 0.05) is 30.4 Å². The molecule has 1 saturated carbocycles. The van der Waals surface area contributed by atoms with Gasteiger partial charge in [0.25, 0.3) is 0 Å². The molecule has 0 amide bonds. The summed E-state index contributed by atoms with van der Waals surface area (Å²) >= 11 is 0. The maximum Gasteiger partial charge on any atom is 0.0644 e. The molecule has 1 aromatic rings. The van der Waals surface area contributed by atoms with E-state index in [4.69, 9.17) is 0 Å². The highest BCUT2D eigenvalue weighted by Crippen LogP contribution is 2.29. The third-order valence-electron chi connectivity index (χ3n) is 4.91. The van der Waals surface area contributed by atoms with Crippen molar-refractivity contribution in [3.05, 3.63) is 17.0 Å². The topological polar surface area (TPSA) is 29.9 Å². The van der Waals surface area contributed by atoms with Crippen molar-refractivity contribution in [3.8, 4) is 0 Å². The normalized spacial score (nSPS) is 25.5. The lowest BCUT2D eigenvalue weighted by atomic mass is 9.84. The van der Waals surface area contributed by atoms with E-state index in [0.717, 1.165) is 5.92 Å². The van der Waals surface area contributed by atoms with Gasteiger partial charge in [0.2, 0.25) is 0 Å². The molecule has 1 atom stereocenters. The first-order valence-corrected chi connectivity index (χ1v) is 7.79. The number of rotatable bonds is 4. The highest BCUT2D eigenvalue weighted by molar-refractivity contribution is 5.27. The number of hydrogen-bond donors (Lipinski definition) is 1. The predicted molar refractivity (Wildman–Crippen MR) is 80.3 cm³/mol. The lowest BCUT2D eigenvalue weighted by Crippen LogP contribution is -2.35. The minimum Gasteiger partial charge on any atom is -0.307 e. The summed E-state index contributed by atoms with van der Waals surface area (Å²) in [5.41, 5.74) is 3.85. The minimum absolute atomic E-state index is 0.414. The third-order valence-corrected chi connectivity index (χ3v) is 4.91. The molecule has 0 aliphatic heterocycles. The number of hydrogen-bond acceptors (Lipinski definition) is 2. The summed E-state index contributed by atoms with van der Waals surface area (Å²) in [4.78, 5) is 0. The zero-order valence-corrected chi connectivity index (χ0v) is 13.2.